The molecule has 0 atom stereocenters. The van der Waals surface area contributed by atoms with Gasteiger partial charge in [-0.15, -0.1) is 0 Å². The van der Waals surface area contributed by atoms with Gasteiger partial charge in [-0.25, -0.2) is 0 Å². The van der Waals surface area contributed by atoms with Gasteiger partial charge in [0.15, 0.2) is 0 Å². The highest BCUT2D eigenvalue weighted by atomic mass is 15.1. The number of hydrogen-bond acceptors (Lipinski definition) is 1. The number of nitrogens with zero attached hydrogens (tertiary/aromatic N) is 1. The predicted octanol–water partition coefficient (Wildman–Crippen LogP) is 2.43. The molecule has 0 heterocycles. The lowest BCUT2D eigenvalue weighted by Gasteiger charge is -2.22. The van der Waals surface area contributed by atoms with Crippen molar-refractivity contribution in [2.45, 2.75) is 45.1 Å². The smallest absolute Gasteiger partial charge is 0.0112 e. The van der Waals surface area contributed by atoms with E-state index in [2.05, 4.69) is 18.9 Å². The molecule has 0 spiro atoms. The summed E-state index contributed by atoms with van der Waals surface area (Å²) in [6, 6.07) is 0.806. The Morgan fingerprint density at radius 1 is 1.40 bits per heavy atom. The lowest BCUT2D eigenvalue weighted by molar-refractivity contribution is 0.275. The molecule has 59 valence electrons. The Bertz CT molecular complexity index is 84.7. The molecule has 10 heavy (non-hydrogen) atoms. The Morgan fingerprint density at radius 2 is 2.00 bits per heavy atom. The van der Waals surface area contributed by atoms with Crippen LogP contribution in [0.1, 0.15) is 39.0 Å². The average Bonchev–Trinajstić information content (AvgIpc) is 2.38. The molecule has 1 nitrogen and oxygen atoms in total. The van der Waals surface area contributed by atoms with Crippen LogP contribution in [0, 0.1) is 7.05 Å². The predicted molar refractivity (Wildman–Crippen MR) is 44.6 cm³/mol. The van der Waals surface area contributed by atoms with Crippen molar-refractivity contribution in [1.29, 1.82) is 0 Å². The van der Waals surface area contributed by atoms with E-state index in [1.54, 1.807) is 0 Å². The molecule has 0 amide bonds. The molecular weight excluding hydrogens is 122 g/mol. The fraction of sp³-hybridized carbons (Fsp3) is 0.889. The SMILES string of the molecule is [CH2]N(CCC)C1CCCC1. The van der Waals surface area contributed by atoms with Crippen LogP contribution in [0.5, 0.6) is 0 Å². The van der Waals surface area contributed by atoms with E-state index in [9.17, 15) is 0 Å². The Kier molecular flexibility index (Phi) is 3.20. The van der Waals surface area contributed by atoms with Crippen LogP contribution >= 0.6 is 0 Å². The van der Waals surface area contributed by atoms with E-state index >= 15 is 0 Å². The minimum absolute atomic E-state index is 0.806. The van der Waals surface area contributed by atoms with Crippen molar-refractivity contribution >= 4 is 0 Å². The first-order valence-electron chi connectivity index (χ1n) is 4.41. The summed E-state index contributed by atoms with van der Waals surface area (Å²) in [5.74, 6) is 0. The average molecular weight is 140 g/mol. The second-order valence-electron chi connectivity index (χ2n) is 3.25. The molecule has 1 aliphatic rings. The van der Waals surface area contributed by atoms with E-state index < -0.39 is 0 Å². The largest absolute Gasteiger partial charge is 0.299 e. The Labute approximate surface area is 64.4 Å². The van der Waals surface area contributed by atoms with Gasteiger partial charge in [0, 0.05) is 13.1 Å². The van der Waals surface area contributed by atoms with Crippen molar-refractivity contribution in [2.75, 3.05) is 6.54 Å². The molecule has 1 rings (SSSR count). The van der Waals surface area contributed by atoms with Crippen molar-refractivity contribution in [3.8, 4) is 0 Å². The van der Waals surface area contributed by atoms with Gasteiger partial charge in [0.1, 0.15) is 0 Å². The first-order chi connectivity index (χ1) is 4.84. The standard InChI is InChI=1S/C9H18N/c1-3-8-10(2)9-6-4-5-7-9/h9H,2-8H2,1H3. The molecule has 0 aliphatic heterocycles. The quantitative estimate of drug-likeness (QED) is 0.582. The Balaban J connectivity index is 2.18. The third-order valence-corrected chi connectivity index (χ3v) is 2.35. The molecule has 0 aromatic carbocycles. The number of hydrogen-bond donors (Lipinski definition) is 0. The fourth-order valence-corrected chi connectivity index (χ4v) is 1.74. The van der Waals surface area contributed by atoms with E-state index in [-0.39, 0.29) is 0 Å². The summed E-state index contributed by atoms with van der Waals surface area (Å²) in [6.45, 7) is 3.39. The summed E-state index contributed by atoms with van der Waals surface area (Å²) in [4.78, 5) is 2.27. The molecule has 0 N–H and O–H groups in total. The van der Waals surface area contributed by atoms with Crippen LogP contribution in [-0.4, -0.2) is 17.5 Å². The minimum atomic E-state index is 0.806. The third-order valence-electron chi connectivity index (χ3n) is 2.35. The normalized spacial score (nSPS) is 20.7. The molecule has 1 saturated carbocycles. The molecule has 1 fully saturated rings. The van der Waals surface area contributed by atoms with Crippen molar-refractivity contribution in [1.82, 2.24) is 4.90 Å². The van der Waals surface area contributed by atoms with Gasteiger partial charge >= 0.3 is 0 Å². The van der Waals surface area contributed by atoms with E-state index in [1.165, 1.54) is 38.6 Å². The third kappa shape index (κ3) is 1.98. The van der Waals surface area contributed by atoms with Crippen LogP contribution in [0.3, 0.4) is 0 Å². The molecule has 0 bridgehead atoms. The van der Waals surface area contributed by atoms with E-state index in [4.69, 9.17) is 0 Å². The topological polar surface area (TPSA) is 3.24 Å². The molecule has 0 aromatic rings. The number of rotatable bonds is 3. The molecule has 1 heteroatoms. The lowest BCUT2D eigenvalue weighted by atomic mass is 10.2. The molecule has 0 saturated heterocycles. The highest BCUT2D eigenvalue weighted by Crippen LogP contribution is 2.22. The van der Waals surface area contributed by atoms with Crippen LogP contribution in [-0.2, 0) is 0 Å². The van der Waals surface area contributed by atoms with Gasteiger partial charge in [-0.1, -0.05) is 19.8 Å². The molecule has 1 aliphatic carbocycles. The van der Waals surface area contributed by atoms with Crippen molar-refractivity contribution in [2.24, 2.45) is 0 Å². The van der Waals surface area contributed by atoms with Gasteiger partial charge in [-0.2, -0.15) is 0 Å². The zero-order chi connectivity index (χ0) is 7.40. The summed E-state index contributed by atoms with van der Waals surface area (Å²) in [7, 11) is 4.04. The lowest BCUT2D eigenvalue weighted by Crippen LogP contribution is -2.27. The van der Waals surface area contributed by atoms with Crippen LogP contribution in [0.2, 0.25) is 0 Å². The monoisotopic (exact) mass is 140 g/mol. The van der Waals surface area contributed by atoms with Gasteiger partial charge in [0.25, 0.3) is 0 Å². The van der Waals surface area contributed by atoms with E-state index in [0.29, 0.717) is 0 Å². The van der Waals surface area contributed by atoms with E-state index in [1.807, 2.05) is 0 Å². The van der Waals surface area contributed by atoms with Crippen molar-refractivity contribution in [3.05, 3.63) is 7.05 Å². The molecule has 1 radical (unpaired) electrons. The highest BCUT2D eigenvalue weighted by molar-refractivity contribution is 4.76. The van der Waals surface area contributed by atoms with Gasteiger partial charge in [-0.3, -0.25) is 4.90 Å². The van der Waals surface area contributed by atoms with Gasteiger partial charge in [-0.05, 0) is 25.8 Å². The first-order valence-corrected chi connectivity index (χ1v) is 4.41. The summed E-state index contributed by atoms with van der Waals surface area (Å²) < 4.78 is 0. The summed E-state index contributed by atoms with van der Waals surface area (Å²) in [5, 5.41) is 0. The summed E-state index contributed by atoms with van der Waals surface area (Å²) in [6.07, 6.45) is 6.83. The first kappa shape index (κ1) is 8.06. The Hall–Kier alpha value is -0.0400. The fourth-order valence-electron chi connectivity index (χ4n) is 1.74. The second kappa shape index (κ2) is 3.97. The second-order valence-corrected chi connectivity index (χ2v) is 3.25. The highest BCUT2D eigenvalue weighted by Gasteiger charge is 2.18. The maximum Gasteiger partial charge on any atom is 0.0112 e. The minimum Gasteiger partial charge on any atom is -0.299 e. The van der Waals surface area contributed by atoms with Crippen LogP contribution in [0.25, 0.3) is 0 Å². The van der Waals surface area contributed by atoms with Crippen LogP contribution < -0.4 is 0 Å². The summed E-state index contributed by atoms with van der Waals surface area (Å²) in [5.41, 5.74) is 0. The molecular formula is C9H18N. The zero-order valence-electron chi connectivity index (χ0n) is 6.97. The van der Waals surface area contributed by atoms with Crippen LogP contribution in [0.4, 0.5) is 0 Å². The van der Waals surface area contributed by atoms with E-state index in [0.717, 1.165) is 6.04 Å². The molecule has 0 aromatic heterocycles. The maximum atomic E-state index is 4.04. The van der Waals surface area contributed by atoms with Gasteiger partial charge in [0.05, 0.1) is 0 Å². The van der Waals surface area contributed by atoms with Gasteiger partial charge < -0.3 is 0 Å². The van der Waals surface area contributed by atoms with Crippen LogP contribution in [0.15, 0.2) is 0 Å². The van der Waals surface area contributed by atoms with Crippen molar-refractivity contribution < 1.29 is 0 Å². The maximum absolute atomic E-state index is 4.04. The molecule has 0 unspecified atom stereocenters. The van der Waals surface area contributed by atoms with Gasteiger partial charge in [0.2, 0.25) is 0 Å². The summed E-state index contributed by atoms with van der Waals surface area (Å²) >= 11 is 0. The van der Waals surface area contributed by atoms with Crippen molar-refractivity contribution in [3.63, 3.8) is 0 Å². The Morgan fingerprint density at radius 3 is 2.50 bits per heavy atom. The zero-order valence-corrected chi connectivity index (χ0v) is 6.97.